The summed E-state index contributed by atoms with van der Waals surface area (Å²) in [4.78, 5) is 12.3. The van der Waals surface area contributed by atoms with E-state index < -0.39 is 15.7 Å². The fraction of sp³-hybridized carbons (Fsp3) is 0.182. The molecule has 0 atom stereocenters. The first-order valence-corrected chi connectivity index (χ1v) is 12.5. The molecule has 0 saturated carbocycles. The lowest BCUT2D eigenvalue weighted by Gasteiger charge is -2.09. The second kappa shape index (κ2) is 11.3. The monoisotopic (exact) mass is 500 g/mol. The van der Waals surface area contributed by atoms with Gasteiger partial charge in [0, 0.05) is 12.3 Å². The van der Waals surface area contributed by atoms with Crippen LogP contribution in [0.5, 0.6) is 17.2 Å². The number of carbonyl (C=O) groups is 1. The first-order valence-electron chi connectivity index (χ1n) is 9.75. The molecule has 0 unspecified atom stereocenters. The van der Waals surface area contributed by atoms with Crippen molar-refractivity contribution in [1.29, 1.82) is 5.26 Å². The van der Waals surface area contributed by atoms with Crippen molar-refractivity contribution in [3.8, 4) is 23.3 Å². The minimum atomic E-state index is -3.53. The van der Waals surface area contributed by atoms with Crippen LogP contribution in [0.4, 0.5) is 5.13 Å². The van der Waals surface area contributed by atoms with Crippen LogP contribution in [0.2, 0.25) is 0 Å². The highest BCUT2D eigenvalue weighted by Gasteiger charge is 2.17. The van der Waals surface area contributed by atoms with Crippen LogP contribution in [0.15, 0.2) is 58.4 Å². The normalized spacial score (nSPS) is 11.4. The Morgan fingerprint density at radius 2 is 1.76 bits per heavy atom. The smallest absolute Gasteiger partial charge is 0.268 e. The Bertz CT molecular complexity index is 1330. The molecule has 0 aliphatic rings. The van der Waals surface area contributed by atoms with Crippen LogP contribution in [0, 0.1) is 11.3 Å². The highest BCUT2D eigenvalue weighted by atomic mass is 32.2. The Labute approximate surface area is 200 Å². The summed E-state index contributed by atoms with van der Waals surface area (Å²) < 4.78 is 39.1. The summed E-state index contributed by atoms with van der Waals surface area (Å²) in [6, 6.07) is 15.9. The third-order valence-electron chi connectivity index (χ3n) is 4.16. The van der Waals surface area contributed by atoms with Crippen LogP contribution < -0.4 is 19.5 Å². The molecule has 1 aromatic heterocycles. The third-order valence-corrected chi connectivity index (χ3v) is 6.67. The number of hydrogen-bond acceptors (Lipinski definition) is 10. The molecule has 3 rings (SSSR count). The standard InChI is InChI=1S/C22H20N4O6S2/c1-30-18-4-3-5-19(13-18)32-11-10-31-17-8-6-15(7-9-17)12-16(14-23)20(27)24-21-25-26-22(33-21)34(2,28)29/h3-9,12-13H,10-11H2,1-2H3,(H,24,25,27)/b16-12-. The number of nitrogens with one attached hydrogen (secondary N) is 1. The summed E-state index contributed by atoms with van der Waals surface area (Å²) >= 11 is 0.702. The van der Waals surface area contributed by atoms with Gasteiger partial charge < -0.3 is 14.2 Å². The van der Waals surface area contributed by atoms with Gasteiger partial charge in [0.2, 0.25) is 19.3 Å². The number of methoxy groups -OCH3 is 1. The van der Waals surface area contributed by atoms with Gasteiger partial charge in [-0.1, -0.05) is 29.5 Å². The van der Waals surface area contributed by atoms with E-state index in [4.69, 9.17) is 14.2 Å². The van der Waals surface area contributed by atoms with E-state index in [9.17, 15) is 18.5 Å². The fourth-order valence-corrected chi connectivity index (χ4v) is 4.06. The fourth-order valence-electron chi connectivity index (χ4n) is 2.56. The van der Waals surface area contributed by atoms with Gasteiger partial charge in [-0.05, 0) is 35.9 Å². The minimum absolute atomic E-state index is 0.0218. The van der Waals surface area contributed by atoms with Crippen molar-refractivity contribution in [3.05, 3.63) is 59.7 Å². The molecule has 0 bridgehead atoms. The Kier molecular flexibility index (Phi) is 8.18. The number of carbonyl (C=O) groups excluding carboxylic acids is 1. The van der Waals surface area contributed by atoms with Crippen LogP contribution in [-0.2, 0) is 14.6 Å². The zero-order chi connectivity index (χ0) is 24.6. The van der Waals surface area contributed by atoms with E-state index in [2.05, 4.69) is 15.5 Å². The first kappa shape index (κ1) is 24.7. The van der Waals surface area contributed by atoms with Gasteiger partial charge in [-0.25, -0.2) is 8.42 Å². The minimum Gasteiger partial charge on any atom is -0.497 e. The molecule has 2 aromatic carbocycles. The van der Waals surface area contributed by atoms with E-state index in [1.807, 2.05) is 24.3 Å². The molecule has 0 radical (unpaired) electrons. The van der Waals surface area contributed by atoms with E-state index in [0.717, 1.165) is 6.26 Å². The zero-order valence-electron chi connectivity index (χ0n) is 18.2. The molecule has 34 heavy (non-hydrogen) atoms. The van der Waals surface area contributed by atoms with Gasteiger partial charge >= 0.3 is 0 Å². The largest absolute Gasteiger partial charge is 0.497 e. The van der Waals surface area contributed by atoms with Crippen LogP contribution in [0.25, 0.3) is 6.08 Å². The molecule has 176 valence electrons. The Balaban J connectivity index is 1.54. The van der Waals surface area contributed by atoms with Crippen molar-refractivity contribution in [1.82, 2.24) is 10.2 Å². The van der Waals surface area contributed by atoms with Crippen molar-refractivity contribution < 1.29 is 27.4 Å². The van der Waals surface area contributed by atoms with Gasteiger partial charge in [-0.3, -0.25) is 10.1 Å². The summed E-state index contributed by atoms with van der Waals surface area (Å²) in [5, 5.41) is 18.8. The van der Waals surface area contributed by atoms with E-state index in [1.54, 1.807) is 37.4 Å². The molecule has 12 heteroatoms. The predicted molar refractivity (Wildman–Crippen MR) is 126 cm³/mol. The lowest BCUT2D eigenvalue weighted by Crippen LogP contribution is -2.13. The SMILES string of the molecule is COc1cccc(OCCOc2ccc(/C=C(/C#N)C(=O)Nc3nnc(S(C)(=O)=O)s3)cc2)c1. The second-order valence-electron chi connectivity index (χ2n) is 6.71. The lowest BCUT2D eigenvalue weighted by atomic mass is 10.1. The average Bonchev–Trinajstić information content (AvgIpc) is 3.30. The summed E-state index contributed by atoms with van der Waals surface area (Å²) in [6.45, 7) is 0.649. The van der Waals surface area contributed by atoms with Crippen LogP contribution >= 0.6 is 11.3 Å². The third kappa shape index (κ3) is 7.03. The summed E-state index contributed by atoms with van der Waals surface area (Å²) in [5.41, 5.74) is 0.414. The second-order valence-corrected chi connectivity index (χ2v) is 9.88. The number of aromatic nitrogens is 2. The summed E-state index contributed by atoms with van der Waals surface area (Å²) in [7, 11) is -1.95. The highest BCUT2D eigenvalue weighted by Crippen LogP contribution is 2.21. The molecule has 1 N–H and O–H groups in total. The van der Waals surface area contributed by atoms with Crippen molar-refractivity contribution in [2.45, 2.75) is 4.34 Å². The number of hydrogen-bond donors (Lipinski definition) is 1. The quantitative estimate of drug-likeness (QED) is 0.192. The molecule has 1 heterocycles. The van der Waals surface area contributed by atoms with Crippen LogP contribution in [-0.4, -0.2) is 51.1 Å². The molecule has 3 aromatic rings. The molecule has 0 aliphatic heterocycles. The van der Waals surface area contributed by atoms with E-state index >= 15 is 0 Å². The molecular formula is C22H20N4O6S2. The number of rotatable bonds is 10. The van der Waals surface area contributed by atoms with Gasteiger partial charge in [0.1, 0.15) is 42.1 Å². The maximum Gasteiger partial charge on any atom is 0.268 e. The van der Waals surface area contributed by atoms with Gasteiger partial charge in [-0.15, -0.1) is 10.2 Å². The number of sulfone groups is 1. The number of ether oxygens (including phenoxy) is 3. The molecule has 10 nitrogen and oxygen atoms in total. The maximum absolute atomic E-state index is 12.3. The van der Waals surface area contributed by atoms with Crippen LogP contribution in [0.3, 0.4) is 0 Å². The first-order chi connectivity index (χ1) is 16.3. The maximum atomic E-state index is 12.3. The van der Waals surface area contributed by atoms with Gasteiger partial charge in [0.15, 0.2) is 0 Å². The Morgan fingerprint density at radius 3 is 2.38 bits per heavy atom. The van der Waals surface area contributed by atoms with Gasteiger partial charge in [-0.2, -0.15) is 5.26 Å². The van der Waals surface area contributed by atoms with Crippen molar-refractivity contribution in [3.63, 3.8) is 0 Å². The van der Waals surface area contributed by atoms with Crippen molar-refractivity contribution in [2.24, 2.45) is 0 Å². The Morgan fingerprint density at radius 1 is 1.09 bits per heavy atom. The number of benzene rings is 2. The molecule has 1 amide bonds. The average molecular weight is 501 g/mol. The number of nitrogens with zero attached hydrogens (tertiary/aromatic N) is 3. The molecular weight excluding hydrogens is 480 g/mol. The van der Waals surface area contributed by atoms with E-state index in [-0.39, 0.29) is 15.0 Å². The number of nitriles is 1. The van der Waals surface area contributed by atoms with Crippen molar-refractivity contribution in [2.75, 3.05) is 31.9 Å². The number of anilines is 1. The number of amides is 1. The lowest BCUT2D eigenvalue weighted by molar-refractivity contribution is -0.112. The Hall–Kier alpha value is -3.95. The van der Waals surface area contributed by atoms with E-state index in [1.165, 1.54) is 6.08 Å². The zero-order valence-corrected chi connectivity index (χ0v) is 19.9. The topological polar surface area (TPSA) is 140 Å². The molecule has 0 spiro atoms. The van der Waals surface area contributed by atoms with Gasteiger partial charge in [0.05, 0.1) is 7.11 Å². The molecule has 0 saturated heterocycles. The highest BCUT2D eigenvalue weighted by molar-refractivity contribution is 7.92. The predicted octanol–water partition coefficient (Wildman–Crippen LogP) is 2.95. The molecule has 0 fully saturated rings. The van der Waals surface area contributed by atoms with Crippen LogP contribution in [0.1, 0.15) is 5.56 Å². The molecule has 0 aliphatic carbocycles. The van der Waals surface area contributed by atoms with E-state index in [0.29, 0.717) is 47.4 Å². The summed E-state index contributed by atoms with van der Waals surface area (Å²) in [6.07, 6.45) is 2.38. The van der Waals surface area contributed by atoms with Gasteiger partial charge in [0.25, 0.3) is 5.91 Å². The van der Waals surface area contributed by atoms with Crippen molar-refractivity contribution >= 4 is 38.3 Å². The summed E-state index contributed by atoms with van der Waals surface area (Å²) in [5.74, 6) is 1.24.